The van der Waals surface area contributed by atoms with Gasteiger partial charge in [-0.15, -0.1) is 0 Å². The minimum Gasteiger partial charge on any atom is 0 e. The van der Waals surface area contributed by atoms with E-state index in [0.29, 0.717) is 0 Å². The zero-order valence-electron chi connectivity index (χ0n) is 1.23. The van der Waals surface area contributed by atoms with Crippen molar-refractivity contribution in [3.05, 3.63) is 0 Å². The number of hydrogen-bond donors (Lipinski definition) is 0. The largest absolute Gasteiger partial charge is 0 e. The van der Waals surface area contributed by atoms with Crippen molar-refractivity contribution in [1.29, 1.82) is 0 Å². The van der Waals surface area contributed by atoms with Gasteiger partial charge in [0.05, 0.1) is 0 Å². The van der Waals surface area contributed by atoms with Crippen LogP contribution in [0, 0.1) is 0 Å². The maximum atomic E-state index is 0. The first kappa shape index (κ1) is 37.6. The van der Waals surface area contributed by atoms with E-state index in [2.05, 4.69) is 0 Å². The first-order chi connectivity index (χ1) is 0. The second-order valence-electron chi connectivity index (χ2n) is 0. The minimum absolute atomic E-state index is 0. The average Bonchev–Trinajstić information content (AvgIpc) is 0. The number of rotatable bonds is 0. The molecule has 0 saturated carbocycles. The van der Waals surface area contributed by atoms with Gasteiger partial charge in [-0.25, -0.2) is 0 Å². The van der Waals surface area contributed by atoms with E-state index in [4.69, 9.17) is 0 Å². The third kappa shape index (κ3) is 18.3. The Balaban J connectivity index is 0. The Morgan fingerprint density at radius 1 is 1.00 bits per heavy atom. The van der Waals surface area contributed by atoms with Crippen LogP contribution in [0.25, 0.3) is 0 Å². The number of hydrogen-bond acceptors (Lipinski definition) is 0. The molecule has 5 heavy (non-hydrogen) atoms. The molecule has 0 aliphatic rings. The molecule has 1 radical (unpaired) electrons. The molecule has 0 unspecified atom stereocenters. The van der Waals surface area contributed by atoms with E-state index in [9.17, 15) is 0 Å². The molecule has 0 heterocycles. The molecular formula is H5AlCaFeMnZr. The molecule has 0 N–H and O–H groups in total. The first-order valence-electron chi connectivity index (χ1n) is 0. The summed E-state index contributed by atoms with van der Waals surface area (Å²) in [5.74, 6) is 0. The molecule has 0 bridgehead atoms. The molecule has 0 nitrogen and oxygen atoms in total. The second-order valence-corrected chi connectivity index (χ2v) is 0. The van der Waals surface area contributed by atoms with Gasteiger partial charge >= 0.3 is 37.7 Å². The van der Waals surface area contributed by atoms with Crippen LogP contribution in [0.1, 0.15) is 0 Å². The van der Waals surface area contributed by atoms with E-state index in [0.717, 1.165) is 0 Å². The van der Waals surface area contributed by atoms with Gasteiger partial charge in [-0.2, -0.15) is 0 Å². The fourth-order valence-electron chi connectivity index (χ4n) is 0. The van der Waals surface area contributed by atoms with E-state index in [-0.39, 0.29) is 115 Å². The molecular weight excluding hydrogens is 269 g/mol. The Kier molecular flexibility index (Phi) is 190. The summed E-state index contributed by atoms with van der Waals surface area (Å²) in [4.78, 5) is 0. The summed E-state index contributed by atoms with van der Waals surface area (Å²) < 4.78 is 0. The van der Waals surface area contributed by atoms with Crippen molar-refractivity contribution in [2.45, 2.75) is 0 Å². The van der Waals surface area contributed by atoms with Crippen LogP contribution >= 0.6 is 0 Å². The van der Waals surface area contributed by atoms with Gasteiger partial charge in [-0.05, 0) is 0 Å². The van der Waals surface area contributed by atoms with Crippen molar-refractivity contribution in [2.24, 2.45) is 0 Å². The zero-order chi connectivity index (χ0) is 0. The van der Waals surface area contributed by atoms with Gasteiger partial charge in [-0.3, -0.25) is 0 Å². The van der Waals surface area contributed by atoms with Crippen molar-refractivity contribution < 1.29 is 60.3 Å². The smallest absolute Gasteiger partial charge is 0 e. The summed E-state index contributed by atoms with van der Waals surface area (Å²) in [5.41, 5.74) is 0. The predicted octanol–water partition coefficient (Wildman–Crippen LogP) is -2.11. The van der Waals surface area contributed by atoms with Gasteiger partial charge in [0.25, 0.3) is 0 Å². The van der Waals surface area contributed by atoms with Gasteiger partial charge in [-0.1, -0.05) is 0 Å². The second kappa shape index (κ2) is 25.2. The van der Waals surface area contributed by atoms with Gasteiger partial charge in [0, 0.05) is 60.3 Å². The van der Waals surface area contributed by atoms with E-state index < -0.39 is 0 Å². The molecule has 5 heteroatoms. The fourth-order valence-corrected chi connectivity index (χ4v) is 0. The third-order valence-electron chi connectivity index (χ3n) is 0. The molecule has 29 valence electrons. The van der Waals surface area contributed by atoms with Crippen molar-refractivity contribution in [1.82, 2.24) is 0 Å². The molecule has 0 aromatic heterocycles. The molecule has 0 saturated heterocycles. The Morgan fingerprint density at radius 2 is 1.00 bits per heavy atom. The minimum atomic E-state index is 0. The summed E-state index contributed by atoms with van der Waals surface area (Å²) in [5, 5.41) is 0. The topological polar surface area (TPSA) is 0 Å². The first-order valence-corrected chi connectivity index (χ1v) is 0. The van der Waals surface area contributed by atoms with Crippen LogP contribution in [0.5, 0.6) is 0 Å². The maximum absolute atomic E-state index is 0. The van der Waals surface area contributed by atoms with Crippen LogP contribution < -0.4 is 0 Å². The molecule has 0 fully saturated rings. The molecule has 0 rings (SSSR count). The van der Waals surface area contributed by atoms with Gasteiger partial charge in [0.1, 0.15) is 0 Å². The van der Waals surface area contributed by atoms with Crippen LogP contribution in [0.3, 0.4) is 0 Å². The Hall–Kier alpha value is 3.71. The molecule has 0 aromatic rings. The fraction of sp³-hybridized carbons (Fsp3) is 0. The summed E-state index contributed by atoms with van der Waals surface area (Å²) in [6.45, 7) is 0. The summed E-state index contributed by atoms with van der Waals surface area (Å²) in [7, 11) is 0. The van der Waals surface area contributed by atoms with E-state index in [1.807, 2.05) is 0 Å². The van der Waals surface area contributed by atoms with Crippen molar-refractivity contribution in [3.63, 3.8) is 0 Å². The van der Waals surface area contributed by atoms with Crippen molar-refractivity contribution in [3.8, 4) is 0 Å². The van der Waals surface area contributed by atoms with E-state index >= 15 is 0 Å². The van der Waals surface area contributed by atoms with Crippen LogP contribution in [-0.2, 0) is 60.3 Å². The Labute approximate surface area is 113 Å². The summed E-state index contributed by atoms with van der Waals surface area (Å²) in [6, 6.07) is 0. The van der Waals surface area contributed by atoms with Crippen LogP contribution in [-0.4, -0.2) is 55.1 Å². The molecule has 0 aliphatic carbocycles. The normalized spacial score (nSPS) is 0. The van der Waals surface area contributed by atoms with Crippen LogP contribution in [0.2, 0.25) is 0 Å². The molecule has 0 atom stereocenters. The summed E-state index contributed by atoms with van der Waals surface area (Å²) in [6.07, 6.45) is 0. The third-order valence-corrected chi connectivity index (χ3v) is 0. The Morgan fingerprint density at radius 3 is 1.00 bits per heavy atom. The molecule has 0 amide bonds. The summed E-state index contributed by atoms with van der Waals surface area (Å²) >= 11 is 0. The SMILES string of the molecule is [AlH3].[CaH2].[Fe].[Mn].[Zr]. The van der Waals surface area contributed by atoms with Crippen LogP contribution in [0.15, 0.2) is 0 Å². The van der Waals surface area contributed by atoms with Gasteiger partial charge < -0.3 is 0 Å². The van der Waals surface area contributed by atoms with Gasteiger partial charge in [0.15, 0.2) is 17.4 Å². The average molecular weight is 274 g/mol. The monoisotopic (exact) mass is 273 g/mol. The Bertz CT molecular complexity index is 11.6. The molecule has 0 aromatic carbocycles. The maximum Gasteiger partial charge on any atom is 0 e. The predicted molar refractivity (Wildman–Crippen MR) is 18.5 cm³/mol. The van der Waals surface area contributed by atoms with E-state index in [1.54, 1.807) is 0 Å². The van der Waals surface area contributed by atoms with Crippen molar-refractivity contribution in [2.75, 3.05) is 0 Å². The zero-order valence-corrected chi connectivity index (χ0v) is 5.97. The molecule has 0 spiro atoms. The van der Waals surface area contributed by atoms with Crippen LogP contribution in [0.4, 0.5) is 0 Å². The quantitative estimate of drug-likeness (QED) is 0.444. The molecule has 0 aliphatic heterocycles. The van der Waals surface area contributed by atoms with Crippen molar-refractivity contribution >= 4 is 55.1 Å². The standard InChI is InChI=1S/Al.Ca.Fe.Mn.Zr.5H. The van der Waals surface area contributed by atoms with Gasteiger partial charge in [0.2, 0.25) is 0 Å². The van der Waals surface area contributed by atoms with E-state index in [1.165, 1.54) is 0 Å².